The lowest BCUT2D eigenvalue weighted by Crippen LogP contribution is -2.22. The maximum absolute atomic E-state index is 12.1. The van der Waals surface area contributed by atoms with Crippen molar-refractivity contribution in [3.63, 3.8) is 0 Å². The highest BCUT2D eigenvalue weighted by Crippen LogP contribution is 2.32. The number of nitrogens with two attached hydrogens (primary N) is 1. The molecular formula is C16H16N2O3. The molecule has 0 fully saturated rings. The van der Waals surface area contributed by atoms with Crippen molar-refractivity contribution in [2.45, 2.75) is 13.1 Å². The van der Waals surface area contributed by atoms with Crippen LogP contribution in [0.5, 0.6) is 11.5 Å². The summed E-state index contributed by atoms with van der Waals surface area (Å²) in [5.41, 5.74) is 8.12. The minimum Gasteiger partial charge on any atom is -0.454 e. The van der Waals surface area contributed by atoms with Gasteiger partial charge in [0, 0.05) is 18.7 Å². The van der Waals surface area contributed by atoms with Gasteiger partial charge in [0.1, 0.15) is 0 Å². The van der Waals surface area contributed by atoms with E-state index in [0.29, 0.717) is 24.4 Å². The molecule has 1 heterocycles. The van der Waals surface area contributed by atoms with E-state index < -0.39 is 0 Å². The topological polar surface area (TPSA) is 73.6 Å². The molecule has 108 valence electrons. The van der Waals surface area contributed by atoms with Crippen molar-refractivity contribution in [3.05, 3.63) is 59.2 Å². The monoisotopic (exact) mass is 284 g/mol. The minimum atomic E-state index is -0.115. The Kier molecular flexibility index (Phi) is 3.75. The molecule has 0 bridgehead atoms. The van der Waals surface area contributed by atoms with Crippen molar-refractivity contribution in [2.24, 2.45) is 5.73 Å². The largest absolute Gasteiger partial charge is 0.454 e. The molecule has 0 saturated carbocycles. The molecule has 0 radical (unpaired) electrons. The number of fused-ring (bicyclic) bond motifs is 1. The molecule has 5 nitrogen and oxygen atoms in total. The summed E-state index contributed by atoms with van der Waals surface area (Å²) < 4.78 is 10.6. The molecule has 0 unspecified atom stereocenters. The number of hydrogen-bond acceptors (Lipinski definition) is 4. The van der Waals surface area contributed by atoms with Crippen LogP contribution in [-0.4, -0.2) is 12.7 Å². The second-order valence-corrected chi connectivity index (χ2v) is 4.77. The Hall–Kier alpha value is -2.53. The van der Waals surface area contributed by atoms with Gasteiger partial charge in [0.2, 0.25) is 6.79 Å². The molecule has 1 amide bonds. The zero-order chi connectivity index (χ0) is 14.7. The van der Waals surface area contributed by atoms with Crippen LogP contribution in [-0.2, 0) is 13.1 Å². The lowest BCUT2D eigenvalue weighted by molar-refractivity contribution is 0.0951. The zero-order valence-electron chi connectivity index (χ0n) is 11.5. The number of ether oxygens (including phenoxy) is 2. The van der Waals surface area contributed by atoms with Crippen LogP contribution in [0.2, 0.25) is 0 Å². The summed E-state index contributed by atoms with van der Waals surface area (Å²) in [6.45, 7) is 1.16. The molecule has 0 spiro atoms. The highest BCUT2D eigenvalue weighted by molar-refractivity contribution is 5.94. The van der Waals surface area contributed by atoms with Crippen LogP contribution in [0.1, 0.15) is 21.5 Å². The van der Waals surface area contributed by atoms with Crippen LogP contribution in [0, 0.1) is 0 Å². The molecule has 2 aromatic rings. The first-order valence-corrected chi connectivity index (χ1v) is 6.72. The average Bonchev–Trinajstić information content (AvgIpc) is 3.00. The number of hydrogen-bond donors (Lipinski definition) is 2. The van der Waals surface area contributed by atoms with Gasteiger partial charge in [-0.2, -0.15) is 0 Å². The van der Waals surface area contributed by atoms with Gasteiger partial charge in [-0.1, -0.05) is 18.2 Å². The van der Waals surface area contributed by atoms with E-state index in [1.807, 2.05) is 30.3 Å². The third-order valence-electron chi connectivity index (χ3n) is 3.34. The number of carbonyl (C=O) groups is 1. The number of carbonyl (C=O) groups excluding carboxylic acids is 1. The fourth-order valence-electron chi connectivity index (χ4n) is 2.13. The standard InChI is InChI=1S/C16H16N2O3/c17-8-11-1-4-13(5-2-11)16(19)18-9-12-3-6-14-15(7-12)21-10-20-14/h1-7H,8-10,17H2,(H,18,19). The number of rotatable bonds is 4. The quantitative estimate of drug-likeness (QED) is 0.898. The van der Waals surface area contributed by atoms with Crippen LogP contribution < -0.4 is 20.5 Å². The Morgan fingerprint density at radius 1 is 1.05 bits per heavy atom. The molecule has 1 aliphatic rings. The molecule has 0 aliphatic carbocycles. The van der Waals surface area contributed by atoms with Crippen molar-refractivity contribution in [3.8, 4) is 11.5 Å². The van der Waals surface area contributed by atoms with Gasteiger partial charge in [-0.3, -0.25) is 4.79 Å². The van der Waals surface area contributed by atoms with E-state index >= 15 is 0 Å². The molecular weight excluding hydrogens is 268 g/mol. The van der Waals surface area contributed by atoms with Gasteiger partial charge in [-0.25, -0.2) is 0 Å². The van der Waals surface area contributed by atoms with Gasteiger partial charge in [-0.15, -0.1) is 0 Å². The van der Waals surface area contributed by atoms with E-state index in [-0.39, 0.29) is 12.7 Å². The lowest BCUT2D eigenvalue weighted by Gasteiger charge is -2.07. The highest BCUT2D eigenvalue weighted by Gasteiger charge is 2.13. The Morgan fingerprint density at radius 3 is 2.52 bits per heavy atom. The van der Waals surface area contributed by atoms with Crippen molar-refractivity contribution < 1.29 is 14.3 Å². The molecule has 21 heavy (non-hydrogen) atoms. The smallest absolute Gasteiger partial charge is 0.251 e. The van der Waals surface area contributed by atoms with Gasteiger partial charge < -0.3 is 20.5 Å². The fourth-order valence-corrected chi connectivity index (χ4v) is 2.13. The Labute approximate surface area is 122 Å². The van der Waals surface area contributed by atoms with E-state index in [2.05, 4.69) is 5.32 Å². The van der Waals surface area contributed by atoms with E-state index in [9.17, 15) is 4.79 Å². The van der Waals surface area contributed by atoms with E-state index in [1.54, 1.807) is 12.1 Å². The van der Waals surface area contributed by atoms with Crippen molar-refractivity contribution in [1.82, 2.24) is 5.32 Å². The second-order valence-electron chi connectivity index (χ2n) is 4.77. The summed E-state index contributed by atoms with van der Waals surface area (Å²) in [6.07, 6.45) is 0. The van der Waals surface area contributed by atoms with E-state index in [4.69, 9.17) is 15.2 Å². The fraction of sp³-hybridized carbons (Fsp3) is 0.188. The van der Waals surface area contributed by atoms with E-state index in [0.717, 1.165) is 16.9 Å². The summed E-state index contributed by atoms with van der Waals surface area (Å²) in [6, 6.07) is 12.9. The Bertz CT molecular complexity index is 653. The van der Waals surface area contributed by atoms with Crippen molar-refractivity contribution >= 4 is 5.91 Å². The predicted molar refractivity (Wildman–Crippen MR) is 78.1 cm³/mol. The molecule has 5 heteroatoms. The third-order valence-corrected chi connectivity index (χ3v) is 3.34. The van der Waals surface area contributed by atoms with Gasteiger partial charge in [0.15, 0.2) is 11.5 Å². The average molecular weight is 284 g/mol. The van der Waals surface area contributed by atoms with Crippen LogP contribution in [0.15, 0.2) is 42.5 Å². The summed E-state index contributed by atoms with van der Waals surface area (Å²) >= 11 is 0. The molecule has 1 aliphatic heterocycles. The van der Waals surface area contributed by atoms with E-state index in [1.165, 1.54) is 0 Å². The number of nitrogens with one attached hydrogen (secondary N) is 1. The minimum absolute atomic E-state index is 0.115. The summed E-state index contributed by atoms with van der Waals surface area (Å²) in [5.74, 6) is 1.34. The predicted octanol–water partition coefficient (Wildman–Crippen LogP) is 1.80. The summed E-state index contributed by atoms with van der Waals surface area (Å²) in [7, 11) is 0. The molecule has 3 N–H and O–H groups in total. The molecule has 3 rings (SSSR count). The Balaban J connectivity index is 1.62. The van der Waals surface area contributed by atoms with Crippen LogP contribution in [0.25, 0.3) is 0 Å². The molecule has 0 aromatic heterocycles. The molecule has 0 saturated heterocycles. The summed E-state index contributed by atoms with van der Waals surface area (Å²) in [4.78, 5) is 12.1. The molecule has 2 aromatic carbocycles. The molecule has 0 atom stereocenters. The van der Waals surface area contributed by atoms with Crippen molar-refractivity contribution in [1.29, 1.82) is 0 Å². The van der Waals surface area contributed by atoms with Gasteiger partial charge in [-0.05, 0) is 35.4 Å². The summed E-state index contributed by atoms with van der Waals surface area (Å²) in [5, 5.41) is 2.88. The van der Waals surface area contributed by atoms with Gasteiger partial charge in [0.25, 0.3) is 5.91 Å². The van der Waals surface area contributed by atoms with Crippen LogP contribution in [0.4, 0.5) is 0 Å². The maximum atomic E-state index is 12.1. The van der Waals surface area contributed by atoms with Crippen LogP contribution in [0.3, 0.4) is 0 Å². The first kappa shape index (κ1) is 13.5. The van der Waals surface area contributed by atoms with Gasteiger partial charge >= 0.3 is 0 Å². The number of benzene rings is 2. The maximum Gasteiger partial charge on any atom is 0.251 e. The van der Waals surface area contributed by atoms with Crippen LogP contribution >= 0.6 is 0 Å². The zero-order valence-corrected chi connectivity index (χ0v) is 11.5. The SMILES string of the molecule is NCc1ccc(C(=O)NCc2ccc3c(c2)OCO3)cc1. The third kappa shape index (κ3) is 2.98. The van der Waals surface area contributed by atoms with Gasteiger partial charge in [0.05, 0.1) is 0 Å². The van der Waals surface area contributed by atoms with Crippen molar-refractivity contribution in [2.75, 3.05) is 6.79 Å². The Morgan fingerprint density at radius 2 is 1.76 bits per heavy atom. The normalized spacial score (nSPS) is 12.2. The highest BCUT2D eigenvalue weighted by atomic mass is 16.7. The number of amides is 1. The lowest BCUT2D eigenvalue weighted by atomic mass is 10.1. The second kappa shape index (κ2) is 5.85. The first-order valence-electron chi connectivity index (χ1n) is 6.72. The first-order chi connectivity index (χ1) is 10.3.